The fraction of sp³-hybridized carbons (Fsp3) is 0.300. The van der Waals surface area contributed by atoms with E-state index < -0.39 is 0 Å². The summed E-state index contributed by atoms with van der Waals surface area (Å²) in [5, 5.41) is 0. The predicted octanol–water partition coefficient (Wildman–Crippen LogP) is 2.64. The van der Waals surface area contributed by atoms with Gasteiger partial charge in [0.05, 0.1) is 0 Å². The quantitative estimate of drug-likeness (QED) is 0.682. The normalized spacial score (nSPS) is 10.1. The number of halogens is 1. The molecule has 3 heteroatoms. The maximum atomic E-state index is 4.53. The third kappa shape index (κ3) is 2.07. The molecule has 0 aliphatic heterocycles. The summed E-state index contributed by atoms with van der Waals surface area (Å²) in [6.07, 6.45) is 0. The van der Waals surface area contributed by atoms with Crippen LogP contribution < -0.4 is 0 Å². The SMILES string of the molecule is Cc1nc2cc(C)c(C)cc2[te]1.Cl. The van der Waals surface area contributed by atoms with Crippen LogP contribution in [0.3, 0.4) is 0 Å². The third-order valence-corrected chi connectivity index (χ3v) is 4.78. The summed E-state index contributed by atoms with van der Waals surface area (Å²) in [5.41, 5.74) is 4.00. The molecule has 2 rings (SSSR count). The molecule has 0 radical (unpaired) electrons. The summed E-state index contributed by atoms with van der Waals surface area (Å²) < 4.78 is 2.88. The van der Waals surface area contributed by atoms with E-state index in [1.807, 2.05) is 0 Å². The van der Waals surface area contributed by atoms with E-state index in [0.717, 1.165) is 0 Å². The van der Waals surface area contributed by atoms with Gasteiger partial charge in [-0.3, -0.25) is 0 Å². The predicted molar refractivity (Wildman–Crippen MR) is 60.1 cm³/mol. The smallest absolute Gasteiger partial charge is 0.147 e. The van der Waals surface area contributed by atoms with Crippen molar-refractivity contribution in [3.8, 4) is 0 Å². The van der Waals surface area contributed by atoms with Crippen molar-refractivity contribution in [2.24, 2.45) is 0 Å². The largest absolute Gasteiger partial charge is 0.147 e. The monoisotopic (exact) mass is 311 g/mol. The molecule has 0 atom stereocenters. The van der Waals surface area contributed by atoms with Gasteiger partial charge in [0.25, 0.3) is 0 Å². The van der Waals surface area contributed by atoms with Crippen LogP contribution in [0.4, 0.5) is 0 Å². The molecule has 0 fully saturated rings. The van der Waals surface area contributed by atoms with Crippen molar-refractivity contribution in [1.29, 1.82) is 0 Å². The van der Waals surface area contributed by atoms with Gasteiger partial charge in [-0.05, 0) is 0 Å². The van der Waals surface area contributed by atoms with Crippen LogP contribution in [0.2, 0.25) is 0 Å². The number of rotatable bonds is 0. The Hall–Kier alpha value is -0.0304. The second kappa shape index (κ2) is 4.00. The fourth-order valence-corrected chi connectivity index (χ4v) is 3.88. The second-order valence-corrected chi connectivity index (χ2v) is 6.66. The molecule has 2 aromatic rings. The van der Waals surface area contributed by atoms with Gasteiger partial charge in [0.2, 0.25) is 0 Å². The van der Waals surface area contributed by atoms with Gasteiger partial charge in [0.15, 0.2) is 0 Å². The zero-order valence-corrected chi connectivity index (χ0v) is 11.1. The van der Waals surface area contributed by atoms with Gasteiger partial charge in [0.1, 0.15) is 0 Å². The van der Waals surface area contributed by atoms with E-state index in [1.165, 1.54) is 23.8 Å². The molecule has 70 valence electrons. The summed E-state index contributed by atoms with van der Waals surface area (Å²) in [6.45, 7) is 6.47. The van der Waals surface area contributed by atoms with E-state index in [4.69, 9.17) is 0 Å². The molecule has 0 aliphatic rings. The van der Waals surface area contributed by atoms with E-state index in [2.05, 4.69) is 37.9 Å². The number of hydrogen-bond donors (Lipinski definition) is 0. The van der Waals surface area contributed by atoms with Gasteiger partial charge in [0, 0.05) is 0 Å². The summed E-state index contributed by atoms with van der Waals surface area (Å²) in [6, 6.07) is 4.53. The average molecular weight is 309 g/mol. The van der Waals surface area contributed by atoms with Crippen molar-refractivity contribution in [3.63, 3.8) is 0 Å². The summed E-state index contributed by atoms with van der Waals surface area (Å²) in [7, 11) is 0. The van der Waals surface area contributed by atoms with Crippen LogP contribution in [0.25, 0.3) is 8.92 Å². The first-order valence-electron chi connectivity index (χ1n) is 4.01. The minimum absolute atomic E-state index is 0. The zero-order chi connectivity index (χ0) is 8.72. The molecular formula is C10H12ClNTe. The van der Waals surface area contributed by atoms with Crippen molar-refractivity contribution < 1.29 is 0 Å². The van der Waals surface area contributed by atoms with Crippen molar-refractivity contribution in [1.82, 2.24) is 4.98 Å². The number of hydrogen-bond acceptors (Lipinski definition) is 1. The molecule has 1 aromatic heterocycles. The van der Waals surface area contributed by atoms with Crippen LogP contribution in [0.5, 0.6) is 0 Å². The van der Waals surface area contributed by atoms with Crippen LogP contribution in [-0.4, -0.2) is 25.4 Å². The Morgan fingerprint density at radius 1 is 1.08 bits per heavy atom. The Balaban J connectivity index is 0.000000845. The molecule has 0 N–H and O–H groups in total. The first-order chi connectivity index (χ1) is 5.66. The van der Waals surface area contributed by atoms with E-state index in [1.54, 1.807) is 0 Å². The molecule has 0 bridgehead atoms. The zero-order valence-electron chi connectivity index (χ0n) is 7.92. The maximum absolute atomic E-state index is 4.53. The van der Waals surface area contributed by atoms with Gasteiger partial charge in [-0.1, -0.05) is 0 Å². The molecule has 0 saturated carbocycles. The van der Waals surface area contributed by atoms with Crippen molar-refractivity contribution in [2.75, 3.05) is 0 Å². The van der Waals surface area contributed by atoms with Gasteiger partial charge in [-0.15, -0.1) is 12.4 Å². The molecule has 1 nitrogen and oxygen atoms in total. The van der Waals surface area contributed by atoms with Gasteiger partial charge >= 0.3 is 82.1 Å². The molecule has 0 aliphatic carbocycles. The standard InChI is InChI=1S/C10H11NTe.ClH/c1-6-4-9-10(5-7(6)2)12-8(3)11-9;/h4-5H,1-3H3;1H. The van der Waals surface area contributed by atoms with E-state index in [9.17, 15) is 0 Å². The Labute approximate surface area is 94.2 Å². The number of nitrogens with zero attached hydrogens (tertiary/aromatic N) is 1. The van der Waals surface area contributed by atoms with E-state index in [-0.39, 0.29) is 32.8 Å². The van der Waals surface area contributed by atoms with Gasteiger partial charge < -0.3 is 0 Å². The number of aromatic nitrogens is 1. The van der Waals surface area contributed by atoms with Gasteiger partial charge in [-0.25, -0.2) is 0 Å². The van der Waals surface area contributed by atoms with Crippen molar-refractivity contribution in [3.05, 3.63) is 27.0 Å². The van der Waals surface area contributed by atoms with Crippen molar-refractivity contribution in [2.45, 2.75) is 20.8 Å². The first-order valence-corrected chi connectivity index (χ1v) is 6.34. The fourth-order valence-electron chi connectivity index (χ4n) is 1.30. The van der Waals surface area contributed by atoms with E-state index >= 15 is 0 Å². The second-order valence-electron chi connectivity index (χ2n) is 3.14. The summed E-state index contributed by atoms with van der Waals surface area (Å²) in [5.74, 6) is 0. The molecule has 13 heavy (non-hydrogen) atoms. The number of benzene rings is 1. The Bertz CT molecular complexity index is 395. The molecule has 0 amide bonds. The van der Waals surface area contributed by atoms with Crippen LogP contribution in [0.1, 0.15) is 14.8 Å². The molecular weight excluding hydrogens is 297 g/mol. The first kappa shape index (κ1) is 11.0. The van der Waals surface area contributed by atoms with Crippen LogP contribution in [0, 0.1) is 20.8 Å². The van der Waals surface area contributed by atoms with Crippen LogP contribution >= 0.6 is 12.4 Å². The summed E-state index contributed by atoms with van der Waals surface area (Å²) >= 11 is -0.0940. The maximum Gasteiger partial charge on any atom is -0.147 e. The Morgan fingerprint density at radius 2 is 1.69 bits per heavy atom. The molecule has 1 aromatic carbocycles. The Kier molecular flexibility index (Phi) is 3.40. The van der Waals surface area contributed by atoms with E-state index in [0.29, 0.717) is 0 Å². The van der Waals surface area contributed by atoms with Crippen LogP contribution in [0.15, 0.2) is 12.1 Å². The number of aryl methyl sites for hydroxylation is 3. The van der Waals surface area contributed by atoms with Gasteiger partial charge in [-0.2, -0.15) is 0 Å². The number of fused-ring (bicyclic) bond motifs is 1. The topological polar surface area (TPSA) is 12.9 Å². The third-order valence-electron chi connectivity index (χ3n) is 2.11. The van der Waals surface area contributed by atoms with Crippen LogP contribution in [-0.2, 0) is 0 Å². The summed E-state index contributed by atoms with van der Waals surface area (Å²) in [4.78, 5) is 4.53. The van der Waals surface area contributed by atoms with Crippen molar-refractivity contribution >= 4 is 41.8 Å². The Morgan fingerprint density at radius 3 is 2.38 bits per heavy atom. The minimum Gasteiger partial charge on any atom is -0.147 e. The molecule has 0 saturated heterocycles. The molecule has 1 heterocycles. The minimum atomic E-state index is -0.0940. The molecule has 0 spiro atoms. The molecule has 0 unspecified atom stereocenters. The average Bonchev–Trinajstić information content (AvgIpc) is 2.30.